The first kappa shape index (κ1) is 14.2. The molecule has 1 fully saturated rings. The van der Waals surface area contributed by atoms with Crippen molar-refractivity contribution in [1.29, 1.82) is 0 Å². The summed E-state index contributed by atoms with van der Waals surface area (Å²) in [6.07, 6.45) is 4.94. The third kappa shape index (κ3) is 1.92. The van der Waals surface area contributed by atoms with Crippen LogP contribution in [0.3, 0.4) is 0 Å². The Balaban J connectivity index is 1.65. The molecule has 1 aliphatic heterocycles. The fourth-order valence-electron chi connectivity index (χ4n) is 5.37. The molecule has 23 heavy (non-hydrogen) atoms. The maximum atomic E-state index is 2.47. The van der Waals surface area contributed by atoms with Crippen molar-refractivity contribution in [3.05, 3.63) is 81.9 Å². The van der Waals surface area contributed by atoms with Gasteiger partial charge in [0.1, 0.15) is 0 Å². The van der Waals surface area contributed by atoms with E-state index in [2.05, 4.69) is 74.5 Å². The molecule has 1 heterocycles. The van der Waals surface area contributed by atoms with Crippen molar-refractivity contribution in [3.8, 4) is 0 Å². The van der Waals surface area contributed by atoms with Crippen LogP contribution in [0, 0.1) is 0 Å². The Morgan fingerprint density at radius 1 is 0.696 bits per heavy atom. The van der Waals surface area contributed by atoms with Crippen molar-refractivity contribution in [1.82, 2.24) is 0 Å². The summed E-state index contributed by atoms with van der Waals surface area (Å²) in [5, 5.41) is 0. The van der Waals surface area contributed by atoms with Crippen LogP contribution >= 0.6 is 0 Å². The van der Waals surface area contributed by atoms with Gasteiger partial charge in [-0.3, -0.25) is 0 Å². The Bertz CT molecular complexity index is 798. The molecule has 0 aromatic heterocycles. The van der Waals surface area contributed by atoms with Crippen LogP contribution < -0.4 is 0 Å². The van der Waals surface area contributed by atoms with Gasteiger partial charge >= 0.3 is 144 Å². The van der Waals surface area contributed by atoms with Gasteiger partial charge in [0.25, 0.3) is 0 Å². The summed E-state index contributed by atoms with van der Waals surface area (Å²) in [6.45, 7) is 4.79. The number of rotatable bonds is 2. The molecule has 2 aliphatic carbocycles. The van der Waals surface area contributed by atoms with Gasteiger partial charge in [0.05, 0.1) is 0 Å². The van der Waals surface area contributed by atoms with Gasteiger partial charge in [0.15, 0.2) is 0 Å². The molecule has 0 radical (unpaired) electrons. The van der Waals surface area contributed by atoms with Crippen molar-refractivity contribution in [2.24, 2.45) is 0 Å². The molecule has 3 aliphatic rings. The second-order valence-electron chi connectivity index (χ2n) is 7.63. The molecule has 1 heteroatoms. The zero-order chi connectivity index (χ0) is 15.6. The van der Waals surface area contributed by atoms with Crippen molar-refractivity contribution >= 4 is 12.2 Å². The zero-order valence-corrected chi connectivity index (χ0v) is 17.4. The number of fused-ring (bicyclic) bond motifs is 2. The van der Waals surface area contributed by atoms with Gasteiger partial charge in [-0.2, -0.15) is 0 Å². The topological polar surface area (TPSA) is 0 Å². The van der Waals surface area contributed by atoms with Crippen molar-refractivity contribution in [2.45, 2.75) is 29.6 Å². The van der Waals surface area contributed by atoms with Crippen LogP contribution in [0.1, 0.15) is 43.5 Å². The van der Waals surface area contributed by atoms with E-state index in [4.69, 9.17) is 0 Å². The quantitative estimate of drug-likeness (QED) is 0.457. The predicted molar refractivity (Wildman–Crippen MR) is 95.3 cm³/mol. The number of benzene rings is 2. The SMILES string of the molecule is CC1=Cc2ccccc2[CH]1[Hf]1([CH]2C(C)=Cc3ccccc32)[CH2][CH2]1. The number of hydrogen-bond donors (Lipinski definition) is 0. The van der Waals surface area contributed by atoms with E-state index in [1.165, 1.54) is 11.1 Å². The van der Waals surface area contributed by atoms with E-state index in [1.54, 1.807) is 30.6 Å². The Hall–Kier alpha value is -1.21. The van der Waals surface area contributed by atoms with E-state index in [0.29, 0.717) is 0 Å². The van der Waals surface area contributed by atoms with E-state index in [-0.39, 0.29) is 0 Å². The third-order valence-corrected chi connectivity index (χ3v) is 26.0. The van der Waals surface area contributed by atoms with Crippen LogP contribution in [0.2, 0.25) is 8.35 Å². The first-order valence-corrected chi connectivity index (χ1v) is 18.0. The summed E-state index contributed by atoms with van der Waals surface area (Å²) in [5.41, 5.74) is 9.61. The number of hydrogen-bond acceptors (Lipinski definition) is 0. The molecule has 0 bridgehead atoms. The van der Waals surface area contributed by atoms with E-state index >= 15 is 0 Å². The predicted octanol–water partition coefficient (Wildman–Crippen LogP) is 6.31. The molecule has 2 unspecified atom stereocenters. The normalized spacial score (nSPS) is 26.3. The average Bonchev–Trinajstić information content (AvgIpc) is 3.13. The second-order valence-corrected chi connectivity index (χ2v) is 24.2. The minimum atomic E-state index is -2.41. The fourth-order valence-corrected chi connectivity index (χ4v) is 33.7. The van der Waals surface area contributed by atoms with Gasteiger partial charge in [-0.15, -0.1) is 0 Å². The molecular formula is C22H22Hf. The Morgan fingerprint density at radius 2 is 1.13 bits per heavy atom. The molecule has 5 rings (SSSR count). The molecular weight excluding hydrogens is 443 g/mol. The molecule has 0 saturated carbocycles. The standard InChI is InChI=1S/2C10H9.C2H4.Hf/c2*1-8-6-9-4-2-3-5-10(9)7-8;1-2;/h2*2-7H,1H3;1-2H2;. The Kier molecular flexibility index (Phi) is 3.01. The summed E-state index contributed by atoms with van der Waals surface area (Å²) in [5.74, 6) is 0. The monoisotopic (exact) mass is 466 g/mol. The van der Waals surface area contributed by atoms with Crippen molar-refractivity contribution in [3.63, 3.8) is 0 Å². The van der Waals surface area contributed by atoms with Crippen molar-refractivity contribution in [2.75, 3.05) is 0 Å². The Labute approximate surface area is 143 Å². The van der Waals surface area contributed by atoms with Crippen LogP contribution in [0.4, 0.5) is 0 Å². The van der Waals surface area contributed by atoms with Gasteiger partial charge < -0.3 is 0 Å². The van der Waals surface area contributed by atoms with Gasteiger partial charge in [-0.1, -0.05) is 0 Å². The van der Waals surface area contributed by atoms with E-state index < -0.39 is 20.0 Å². The van der Waals surface area contributed by atoms with Crippen LogP contribution in [-0.2, 0) is 20.0 Å². The summed E-state index contributed by atoms with van der Waals surface area (Å²) in [7, 11) is 0. The molecule has 1 saturated heterocycles. The second kappa shape index (κ2) is 4.89. The van der Waals surface area contributed by atoms with Crippen LogP contribution in [0.15, 0.2) is 59.7 Å². The third-order valence-electron chi connectivity index (χ3n) is 6.27. The van der Waals surface area contributed by atoms with E-state index in [1.807, 2.05) is 0 Å². The summed E-state index contributed by atoms with van der Waals surface area (Å²) in [4.78, 5) is 0. The van der Waals surface area contributed by atoms with Crippen LogP contribution in [-0.4, -0.2) is 0 Å². The summed E-state index contributed by atoms with van der Waals surface area (Å²) >= 11 is -2.41. The molecule has 2 aromatic rings. The van der Waals surface area contributed by atoms with Gasteiger partial charge in [0.2, 0.25) is 0 Å². The molecule has 114 valence electrons. The molecule has 0 N–H and O–H groups in total. The van der Waals surface area contributed by atoms with Gasteiger partial charge in [-0.05, 0) is 0 Å². The summed E-state index contributed by atoms with van der Waals surface area (Å²) in [6, 6.07) is 18.3. The zero-order valence-electron chi connectivity index (χ0n) is 13.8. The molecule has 0 spiro atoms. The first-order valence-electron chi connectivity index (χ1n) is 8.75. The molecule has 0 nitrogen and oxygen atoms in total. The van der Waals surface area contributed by atoms with Gasteiger partial charge in [-0.25, -0.2) is 0 Å². The summed E-state index contributed by atoms with van der Waals surface area (Å²) < 4.78 is 4.78. The fraction of sp³-hybridized carbons (Fsp3) is 0.273. The van der Waals surface area contributed by atoms with Crippen molar-refractivity contribution < 1.29 is 20.0 Å². The van der Waals surface area contributed by atoms with Gasteiger partial charge in [0, 0.05) is 0 Å². The average molecular weight is 465 g/mol. The first-order chi connectivity index (χ1) is 11.2. The minimum absolute atomic E-state index is 0.818. The van der Waals surface area contributed by atoms with E-state index in [9.17, 15) is 0 Å². The van der Waals surface area contributed by atoms with E-state index in [0.717, 1.165) is 7.35 Å². The molecule has 0 amide bonds. The number of allylic oxidation sites excluding steroid dienone is 2. The molecule has 2 atom stereocenters. The Morgan fingerprint density at radius 3 is 1.57 bits per heavy atom. The molecule has 2 aromatic carbocycles. The maximum absolute atomic E-state index is 2.47. The van der Waals surface area contributed by atoms with Crippen LogP contribution in [0.5, 0.6) is 0 Å². The van der Waals surface area contributed by atoms with Crippen LogP contribution in [0.25, 0.3) is 12.2 Å².